The van der Waals surface area contributed by atoms with E-state index in [1.54, 1.807) is 37.3 Å². The van der Waals surface area contributed by atoms with Crippen LogP contribution < -0.4 is 9.64 Å². The molecule has 0 aromatic heterocycles. The molecule has 2 rings (SSSR count). The first kappa shape index (κ1) is 15.9. The number of ether oxygens (including phenoxy) is 1. The summed E-state index contributed by atoms with van der Waals surface area (Å²) in [6.07, 6.45) is -5.19. The number of hydrogen-bond donors (Lipinski definition) is 0. The molecule has 0 heterocycles. The number of carbonyl (C=O) groups is 1. The molecule has 0 N–H and O–H groups in total. The second-order valence-corrected chi connectivity index (χ2v) is 4.47. The Kier molecular flexibility index (Phi) is 4.70. The molecule has 22 heavy (non-hydrogen) atoms. The fourth-order valence-corrected chi connectivity index (χ4v) is 1.91. The first-order chi connectivity index (χ1) is 10.4. The van der Waals surface area contributed by atoms with Crippen LogP contribution in [0.3, 0.4) is 0 Å². The van der Waals surface area contributed by atoms with E-state index in [2.05, 4.69) is 0 Å². The summed E-state index contributed by atoms with van der Waals surface area (Å²) in [5, 5.41) is 0. The van der Waals surface area contributed by atoms with Gasteiger partial charge >= 0.3 is 12.3 Å². The Morgan fingerprint density at radius 2 is 1.77 bits per heavy atom. The van der Waals surface area contributed by atoms with Gasteiger partial charge in [-0.2, -0.15) is 13.2 Å². The topological polar surface area (TPSA) is 29.5 Å². The van der Waals surface area contributed by atoms with Crippen molar-refractivity contribution >= 4 is 11.8 Å². The van der Waals surface area contributed by atoms with Crippen LogP contribution in [0.4, 0.5) is 23.7 Å². The van der Waals surface area contributed by atoms with Crippen molar-refractivity contribution in [2.45, 2.75) is 13.1 Å². The average Bonchev–Trinajstić information content (AvgIpc) is 2.48. The summed E-state index contributed by atoms with van der Waals surface area (Å²) in [4.78, 5) is 13.3. The van der Waals surface area contributed by atoms with E-state index < -0.39 is 17.8 Å². The molecule has 0 fully saturated rings. The molecule has 6 heteroatoms. The number of amides is 1. The highest BCUT2D eigenvalue weighted by molar-refractivity contribution is 5.89. The molecule has 0 bridgehead atoms. The highest BCUT2D eigenvalue weighted by atomic mass is 19.4. The van der Waals surface area contributed by atoms with Crippen molar-refractivity contribution in [3.8, 4) is 5.75 Å². The number of nitrogens with zero attached hydrogens (tertiary/aromatic N) is 1. The van der Waals surface area contributed by atoms with Gasteiger partial charge in [-0.1, -0.05) is 24.3 Å². The normalized spacial score (nSPS) is 11.1. The Bertz CT molecular complexity index is 641. The SMILES string of the molecule is CCN(C(=O)Oc1ccccc1)c1cccc(C(F)(F)F)c1. The highest BCUT2D eigenvalue weighted by Gasteiger charge is 2.31. The van der Waals surface area contributed by atoms with Crippen LogP contribution in [0.15, 0.2) is 54.6 Å². The standard InChI is InChI=1S/C16H14F3NO2/c1-2-20(15(21)22-14-9-4-3-5-10-14)13-8-6-7-12(11-13)16(17,18)19/h3-11H,2H2,1H3. The van der Waals surface area contributed by atoms with Crippen LogP contribution in [0.2, 0.25) is 0 Å². The van der Waals surface area contributed by atoms with Crippen LogP contribution >= 0.6 is 0 Å². The number of alkyl halides is 3. The van der Waals surface area contributed by atoms with Crippen molar-refractivity contribution in [1.82, 2.24) is 0 Å². The lowest BCUT2D eigenvalue weighted by atomic mass is 10.2. The zero-order chi connectivity index (χ0) is 16.2. The molecule has 0 aliphatic carbocycles. The van der Waals surface area contributed by atoms with E-state index in [1.807, 2.05) is 0 Å². The summed E-state index contributed by atoms with van der Waals surface area (Å²) in [5.74, 6) is 0.331. The maximum Gasteiger partial charge on any atom is 0.419 e. The van der Waals surface area contributed by atoms with Crippen LogP contribution in [0, 0.1) is 0 Å². The lowest BCUT2D eigenvalue weighted by molar-refractivity contribution is -0.137. The van der Waals surface area contributed by atoms with Crippen molar-refractivity contribution in [3.63, 3.8) is 0 Å². The summed E-state index contributed by atoms with van der Waals surface area (Å²) >= 11 is 0. The lowest BCUT2D eigenvalue weighted by Crippen LogP contribution is -2.33. The quantitative estimate of drug-likeness (QED) is 0.820. The number of hydrogen-bond acceptors (Lipinski definition) is 2. The van der Waals surface area contributed by atoms with Gasteiger partial charge in [-0.15, -0.1) is 0 Å². The van der Waals surface area contributed by atoms with Crippen molar-refractivity contribution < 1.29 is 22.7 Å². The highest BCUT2D eigenvalue weighted by Crippen LogP contribution is 2.31. The third-order valence-electron chi connectivity index (χ3n) is 2.97. The molecule has 2 aromatic rings. The third-order valence-corrected chi connectivity index (χ3v) is 2.97. The Morgan fingerprint density at radius 3 is 2.36 bits per heavy atom. The molecule has 1 amide bonds. The minimum atomic E-state index is -4.46. The van der Waals surface area contributed by atoms with Gasteiger partial charge in [0.1, 0.15) is 5.75 Å². The monoisotopic (exact) mass is 309 g/mol. The zero-order valence-electron chi connectivity index (χ0n) is 11.8. The first-order valence-corrected chi connectivity index (χ1v) is 6.63. The second kappa shape index (κ2) is 6.51. The number of anilines is 1. The van der Waals surface area contributed by atoms with Crippen LogP contribution in [-0.4, -0.2) is 12.6 Å². The third kappa shape index (κ3) is 3.78. The number of halogens is 3. The van der Waals surface area contributed by atoms with Crippen molar-refractivity contribution in [3.05, 3.63) is 60.2 Å². The minimum absolute atomic E-state index is 0.137. The fourth-order valence-electron chi connectivity index (χ4n) is 1.91. The number of benzene rings is 2. The zero-order valence-corrected chi connectivity index (χ0v) is 11.8. The lowest BCUT2D eigenvalue weighted by Gasteiger charge is -2.21. The molecule has 0 aliphatic rings. The summed E-state index contributed by atoms with van der Waals surface area (Å²) in [6, 6.07) is 12.9. The maximum absolute atomic E-state index is 12.7. The van der Waals surface area contributed by atoms with E-state index in [1.165, 1.54) is 12.1 Å². The molecular formula is C16H14F3NO2. The van der Waals surface area contributed by atoms with Gasteiger partial charge in [0.15, 0.2) is 0 Å². The summed E-state index contributed by atoms with van der Waals surface area (Å²) < 4.78 is 43.4. The Hall–Kier alpha value is -2.50. The summed E-state index contributed by atoms with van der Waals surface area (Å²) in [7, 11) is 0. The van der Waals surface area contributed by atoms with E-state index in [9.17, 15) is 18.0 Å². The van der Waals surface area contributed by atoms with E-state index in [0.29, 0.717) is 5.75 Å². The van der Waals surface area contributed by atoms with Crippen molar-refractivity contribution in [2.24, 2.45) is 0 Å². The fraction of sp³-hybridized carbons (Fsp3) is 0.188. The summed E-state index contributed by atoms with van der Waals surface area (Å²) in [6.45, 7) is 1.85. The van der Waals surface area contributed by atoms with E-state index >= 15 is 0 Å². The Morgan fingerprint density at radius 1 is 1.09 bits per heavy atom. The van der Waals surface area contributed by atoms with Gasteiger partial charge in [-0.05, 0) is 37.3 Å². The molecule has 0 atom stereocenters. The molecule has 0 saturated heterocycles. The molecule has 3 nitrogen and oxygen atoms in total. The smallest absolute Gasteiger partial charge is 0.410 e. The number of para-hydroxylation sites is 1. The van der Waals surface area contributed by atoms with Gasteiger partial charge in [0, 0.05) is 12.2 Å². The van der Waals surface area contributed by atoms with Crippen LogP contribution in [0.25, 0.3) is 0 Å². The molecule has 0 radical (unpaired) electrons. The maximum atomic E-state index is 12.7. The number of carbonyl (C=O) groups excluding carboxylic acids is 1. The van der Waals surface area contributed by atoms with Gasteiger partial charge < -0.3 is 4.74 Å². The van der Waals surface area contributed by atoms with Crippen molar-refractivity contribution in [1.29, 1.82) is 0 Å². The molecule has 0 unspecified atom stereocenters. The minimum Gasteiger partial charge on any atom is -0.410 e. The summed E-state index contributed by atoms with van der Waals surface area (Å²) in [5.41, 5.74) is -0.672. The van der Waals surface area contributed by atoms with Gasteiger partial charge in [0.05, 0.1) is 5.56 Å². The Balaban J connectivity index is 2.23. The van der Waals surface area contributed by atoms with Gasteiger partial charge in [-0.3, -0.25) is 4.90 Å². The van der Waals surface area contributed by atoms with E-state index in [-0.39, 0.29) is 12.2 Å². The molecule has 116 valence electrons. The average molecular weight is 309 g/mol. The predicted molar refractivity (Wildman–Crippen MR) is 76.9 cm³/mol. The predicted octanol–water partition coefficient (Wildman–Crippen LogP) is 4.73. The molecule has 0 aliphatic heterocycles. The molecule has 0 saturated carbocycles. The van der Waals surface area contributed by atoms with Crippen molar-refractivity contribution in [2.75, 3.05) is 11.4 Å². The molecule has 0 spiro atoms. The van der Waals surface area contributed by atoms with Gasteiger partial charge in [0.2, 0.25) is 0 Å². The van der Waals surface area contributed by atoms with Crippen LogP contribution in [0.5, 0.6) is 5.75 Å². The molecular weight excluding hydrogens is 295 g/mol. The van der Waals surface area contributed by atoms with E-state index in [0.717, 1.165) is 17.0 Å². The first-order valence-electron chi connectivity index (χ1n) is 6.63. The molecule has 2 aromatic carbocycles. The van der Waals surface area contributed by atoms with Crippen LogP contribution in [0.1, 0.15) is 12.5 Å². The van der Waals surface area contributed by atoms with Gasteiger partial charge in [0.25, 0.3) is 0 Å². The Labute approximate surface area is 125 Å². The van der Waals surface area contributed by atoms with Crippen LogP contribution in [-0.2, 0) is 6.18 Å². The second-order valence-electron chi connectivity index (χ2n) is 4.47. The largest absolute Gasteiger partial charge is 0.419 e. The van der Waals surface area contributed by atoms with E-state index in [4.69, 9.17) is 4.74 Å². The van der Waals surface area contributed by atoms with Gasteiger partial charge in [-0.25, -0.2) is 4.79 Å². The number of rotatable bonds is 3.